The first kappa shape index (κ1) is 19.7. The van der Waals surface area contributed by atoms with Crippen LogP contribution in [0.4, 0.5) is 19.0 Å². The zero-order valence-electron chi connectivity index (χ0n) is 15.4. The number of fused-ring (bicyclic) bond motifs is 1. The maximum Gasteiger partial charge on any atom is 0.392 e. The molecule has 1 aromatic heterocycles. The Kier molecular flexibility index (Phi) is 5.79. The van der Waals surface area contributed by atoms with Crippen molar-refractivity contribution < 1.29 is 18.0 Å². The van der Waals surface area contributed by atoms with Crippen molar-refractivity contribution >= 4 is 11.6 Å². The van der Waals surface area contributed by atoms with E-state index in [4.69, 9.17) is 0 Å². The Labute approximate surface area is 147 Å². The van der Waals surface area contributed by atoms with Crippen LogP contribution in [0.25, 0.3) is 0 Å². The summed E-state index contributed by atoms with van der Waals surface area (Å²) >= 11 is 0. The van der Waals surface area contributed by atoms with Crippen molar-refractivity contribution in [2.75, 3.05) is 5.32 Å². The second kappa shape index (κ2) is 7.34. The number of nitrogens with zero attached hydrogens (tertiary/aromatic N) is 1. The number of rotatable bonds is 5. The zero-order chi connectivity index (χ0) is 18.8. The van der Waals surface area contributed by atoms with E-state index < -0.39 is 12.1 Å². The van der Waals surface area contributed by atoms with E-state index in [-0.39, 0.29) is 29.9 Å². The molecule has 1 N–H and O–H groups in total. The summed E-state index contributed by atoms with van der Waals surface area (Å²) in [5.41, 5.74) is 1.42. The van der Waals surface area contributed by atoms with Crippen LogP contribution in [-0.4, -0.2) is 22.5 Å². The van der Waals surface area contributed by atoms with Gasteiger partial charge in [-0.25, -0.2) is 4.98 Å². The van der Waals surface area contributed by atoms with Gasteiger partial charge in [-0.1, -0.05) is 13.3 Å². The molecule has 0 radical (unpaired) electrons. The van der Waals surface area contributed by atoms with Gasteiger partial charge in [0.2, 0.25) is 0 Å². The molecule has 0 fully saturated rings. The highest BCUT2D eigenvalue weighted by molar-refractivity contribution is 5.95. The monoisotopic (exact) mass is 356 g/mol. The molecule has 1 aliphatic rings. The predicted octanol–water partition coefficient (Wildman–Crippen LogP) is 5.33. The van der Waals surface area contributed by atoms with Gasteiger partial charge in [0.05, 0.1) is 5.92 Å². The van der Waals surface area contributed by atoms with Crippen LogP contribution in [0.1, 0.15) is 75.0 Å². The highest BCUT2D eigenvalue weighted by Crippen LogP contribution is 2.39. The number of unbranched alkanes of at least 4 members (excludes halogenated alkanes) is 1. The molecule has 1 heterocycles. The van der Waals surface area contributed by atoms with Gasteiger partial charge in [-0.05, 0) is 63.6 Å². The van der Waals surface area contributed by atoms with Crippen molar-refractivity contribution in [2.45, 2.75) is 77.9 Å². The lowest BCUT2D eigenvalue weighted by Gasteiger charge is -2.30. The Morgan fingerprint density at radius 3 is 2.56 bits per heavy atom. The summed E-state index contributed by atoms with van der Waals surface area (Å²) in [6.45, 7) is 7.89. The lowest BCUT2D eigenvalue weighted by molar-refractivity contribution is -0.177. The van der Waals surface area contributed by atoms with Gasteiger partial charge >= 0.3 is 6.18 Å². The number of Topliss-reactive ketones (excluding diaryl/α,β-unsaturated/α-hetero) is 1. The van der Waals surface area contributed by atoms with Gasteiger partial charge in [0.1, 0.15) is 11.5 Å². The Bertz CT molecular complexity index is 633. The number of hydrogen-bond acceptors (Lipinski definition) is 3. The molecule has 0 aliphatic heterocycles. The quantitative estimate of drug-likeness (QED) is 0.725. The fraction of sp³-hybridized carbons (Fsp3) is 0.684. The van der Waals surface area contributed by atoms with Crippen LogP contribution < -0.4 is 5.32 Å². The predicted molar refractivity (Wildman–Crippen MR) is 93.0 cm³/mol. The summed E-state index contributed by atoms with van der Waals surface area (Å²) in [5.74, 6) is -0.885. The molecule has 6 heteroatoms. The van der Waals surface area contributed by atoms with Gasteiger partial charge in [0.25, 0.3) is 0 Å². The number of ketones is 1. The molecule has 25 heavy (non-hydrogen) atoms. The van der Waals surface area contributed by atoms with Crippen LogP contribution in [0.5, 0.6) is 0 Å². The van der Waals surface area contributed by atoms with Gasteiger partial charge in [-0.15, -0.1) is 0 Å². The van der Waals surface area contributed by atoms with Gasteiger partial charge < -0.3 is 5.32 Å². The van der Waals surface area contributed by atoms with Crippen molar-refractivity contribution in [3.8, 4) is 0 Å². The van der Waals surface area contributed by atoms with Crippen molar-refractivity contribution in [1.29, 1.82) is 0 Å². The van der Waals surface area contributed by atoms with Crippen molar-refractivity contribution in [2.24, 2.45) is 5.92 Å². The molecule has 1 unspecified atom stereocenters. The summed E-state index contributed by atoms with van der Waals surface area (Å²) in [7, 11) is 0. The molecule has 0 amide bonds. The minimum Gasteiger partial charge on any atom is -0.365 e. The third kappa shape index (κ3) is 5.19. The molecule has 0 saturated carbocycles. The lowest BCUT2D eigenvalue weighted by Crippen LogP contribution is -2.32. The number of alkyl halides is 3. The topological polar surface area (TPSA) is 42.0 Å². The molecule has 0 aromatic carbocycles. The van der Waals surface area contributed by atoms with Gasteiger partial charge in [0, 0.05) is 12.0 Å². The molecule has 0 bridgehead atoms. The first-order valence-corrected chi connectivity index (χ1v) is 8.92. The Morgan fingerprint density at radius 1 is 1.32 bits per heavy atom. The normalized spacial score (nSPS) is 18.0. The average molecular weight is 356 g/mol. The minimum absolute atomic E-state index is 0.0696. The number of carbonyl (C=O) groups is 1. The fourth-order valence-corrected chi connectivity index (χ4v) is 3.12. The standard InChI is InChI=1S/C19H27F3N2O/c1-5-6-7-16(25)15-11-12-10-13(19(20,21)22)8-9-14(12)17(23-15)24-18(2,3)4/h11,13H,5-10H2,1-4H3,(H,23,24). The van der Waals surface area contributed by atoms with E-state index in [1.807, 2.05) is 27.7 Å². The molecule has 0 spiro atoms. The maximum absolute atomic E-state index is 13.1. The largest absolute Gasteiger partial charge is 0.392 e. The highest BCUT2D eigenvalue weighted by atomic mass is 19.4. The highest BCUT2D eigenvalue weighted by Gasteiger charge is 2.42. The molecular weight excluding hydrogens is 329 g/mol. The smallest absolute Gasteiger partial charge is 0.365 e. The molecule has 1 aromatic rings. The van der Waals surface area contributed by atoms with E-state index in [0.717, 1.165) is 18.4 Å². The number of carbonyl (C=O) groups excluding carboxylic acids is 1. The van der Waals surface area contributed by atoms with Crippen molar-refractivity contribution in [1.82, 2.24) is 4.98 Å². The fourth-order valence-electron chi connectivity index (χ4n) is 3.12. The number of hydrogen-bond donors (Lipinski definition) is 1. The SMILES string of the molecule is CCCCC(=O)c1cc2c(c(NC(C)(C)C)n1)CCC(C(F)(F)F)C2. The van der Waals surface area contributed by atoms with E-state index in [2.05, 4.69) is 10.3 Å². The molecule has 3 nitrogen and oxygen atoms in total. The van der Waals surface area contributed by atoms with Gasteiger partial charge in [-0.3, -0.25) is 4.79 Å². The van der Waals surface area contributed by atoms with Crippen molar-refractivity contribution in [3.05, 3.63) is 22.9 Å². The summed E-state index contributed by atoms with van der Waals surface area (Å²) in [6, 6.07) is 1.58. The summed E-state index contributed by atoms with van der Waals surface area (Å²) in [6.07, 6.45) is -1.86. The Balaban J connectivity index is 2.41. The summed E-state index contributed by atoms with van der Waals surface area (Å²) in [5, 5.41) is 3.27. The number of pyridine rings is 1. The first-order chi connectivity index (χ1) is 11.5. The maximum atomic E-state index is 13.1. The van der Waals surface area contributed by atoms with Gasteiger partial charge in [0.15, 0.2) is 5.78 Å². The van der Waals surface area contributed by atoms with Gasteiger partial charge in [-0.2, -0.15) is 13.2 Å². The minimum atomic E-state index is -4.20. The molecule has 1 aliphatic carbocycles. The molecule has 0 saturated heterocycles. The third-order valence-electron chi connectivity index (χ3n) is 4.43. The summed E-state index contributed by atoms with van der Waals surface area (Å²) < 4.78 is 39.4. The van der Waals surface area contributed by atoms with E-state index in [9.17, 15) is 18.0 Å². The van der Waals surface area contributed by atoms with E-state index in [0.29, 0.717) is 24.2 Å². The van der Waals surface area contributed by atoms with E-state index >= 15 is 0 Å². The van der Waals surface area contributed by atoms with E-state index in [1.54, 1.807) is 6.07 Å². The van der Waals surface area contributed by atoms with E-state index in [1.165, 1.54) is 0 Å². The Morgan fingerprint density at radius 2 is 2.00 bits per heavy atom. The third-order valence-corrected chi connectivity index (χ3v) is 4.43. The molecule has 140 valence electrons. The second-order valence-corrected chi connectivity index (χ2v) is 7.88. The second-order valence-electron chi connectivity index (χ2n) is 7.88. The van der Waals surface area contributed by atoms with Crippen LogP contribution in [0.15, 0.2) is 6.07 Å². The number of anilines is 1. The van der Waals surface area contributed by atoms with Crippen molar-refractivity contribution in [3.63, 3.8) is 0 Å². The average Bonchev–Trinajstić information content (AvgIpc) is 2.49. The lowest BCUT2D eigenvalue weighted by atomic mass is 9.83. The van der Waals surface area contributed by atoms with Crippen LogP contribution in [0, 0.1) is 5.92 Å². The zero-order valence-corrected chi connectivity index (χ0v) is 15.4. The van der Waals surface area contributed by atoms with Crippen LogP contribution >= 0.6 is 0 Å². The number of nitrogens with one attached hydrogen (secondary N) is 1. The number of halogens is 3. The van der Waals surface area contributed by atoms with Crippen LogP contribution in [0.2, 0.25) is 0 Å². The Hall–Kier alpha value is -1.59. The molecule has 1 atom stereocenters. The van der Waals surface area contributed by atoms with Crippen LogP contribution in [0.3, 0.4) is 0 Å². The summed E-state index contributed by atoms with van der Waals surface area (Å²) in [4.78, 5) is 16.8. The molecule has 2 rings (SSSR count). The first-order valence-electron chi connectivity index (χ1n) is 8.92. The van der Waals surface area contributed by atoms with Crippen LogP contribution in [-0.2, 0) is 12.8 Å². The number of aromatic nitrogens is 1. The molecular formula is C19H27F3N2O.